The average Bonchev–Trinajstić information content (AvgIpc) is 2.79. The van der Waals surface area contributed by atoms with E-state index in [-0.39, 0.29) is 24.4 Å². The molecule has 0 atom stereocenters. The van der Waals surface area contributed by atoms with Crippen LogP contribution in [0.4, 0.5) is 8.78 Å². The molecule has 3 nitrogen and oxygen atoms in total. The van der Waals surface area contributed by atoms with Crippen molar-refractivity contribution in [2.45, 2.75) is 51.0 Å². The Bertz CT molecular complexity index is 493. The average molecular weight is 324 g/mol. The van der Waals surface area contributed by atoms with Crippen molar-refractivity contribution in [3.8, 4) is 0 Å². The second-order valence-corrected chi connectivity index (χ2v) is 6.36. The van der Waals surface area contributed by atoms with Crippen LogP contribution in [0.2, 0.25) is 0 Å². The van der Waals surface area contributed by atoms with E-state index in [1.54, 1.807) is 0 Å². The molecule has 5 heteroatoms. The van der Waals surface area contributed by atoms with E-state index in [9.17, 15) is 13.6 Å². The molecule has 1 aromatic rings. The van der Waals surface area contributed by atoms with Crippen molar-refractivity contribution in [1.29, 1.82) is 0 Å². The van der Waals surface area contributed by atoms with Crippen LogP contribution in [0.1, 0.15) is 44.1 Å². The topological polar surface area (TPSA) is 32.3 Å². The number of carbonyl (C=O) groups excluding carboxylic acids is 1. The van der Waals surface area contributed by atoms with Gasteiger partial charge in [-0.25, -0.2) is 8.78 Å². The zero-order chi connectivity index (χ0) is 16.7. The van der Waals surface area contributed by atoms with Gasteiger partial charge in [0, 0.05) is 18.2 Å². The van der Waals surface area contributed by atoms with E-state index in [0.717, 1.165) is 12.8 Å². The summed E-state index contributed by atoms with van der Waals surface area (Å²) in [7, 11) is 1.98. The lowest BCUT2D eigenvalue weighted by atomic mass is 10.1. The highest BCUT2D eigenvalue weighted by molar-refractivity contribution is 5.78. The van der Waals surface area contributed by atoms with E-state index in [4.69, 9.17) is 0 Å². The third kappa shape index (κ3) is 5.57. The van der Waals surface area contributed by atoms with Gasteiger partial charge in [0.05, 0.1) is 6.54 Å². The number of hydrogen-bond acceptors (Lipinski definition) is 2. The summed E-state index contributed by atoms with van der Waals surface area (Å²) in [5, 5.41) is 2.76. The van der Waals surface area contributed by atoms with Gasteiger partial charge in [0.25, 0.3) is 0 Å². The Morgan fingerprint density at radius 1 is 1.17 bits per heavy atom. The van der Waals surface area contributed by atoms with Crippen molar-refractivity contribution < 1.29 is 13.6 Å². The minimum Gasteiger partial charge on any atom is -0.355 e. The van der Waals surface area contributed by atoms with E-state index >= 15 is 0 Å². The Kier molecular flexibility index (Phi) is 6.96. The highest BCUT2D eigenvalue weighted by atomic mass is 19.1. The molecule has 1 saturated carbocycles. The summed E-state index contributed by atoms with van der Waals surface area (Å²) < 4.78 is 27.0. The molecule has 1 fully saturated rings. The highest BCUT2D eigenvalue weighted by Crippen LogP contribution is 2.20. The lowest BCUT2D eigenvalue weighted by Gasteiger charge is -2.26. The van der Waals surface area contributed by atoms with Gasteiger partial charge in [-0.3, -0.25) is 9.69 Å². The molecule has 23 heavy (non-hydrogen) atoms. The van der Waals surface area contributed by atoms with Crippen molar-refractivity contribution >= 4 is 5.91 Å². The number of nitrogens with zero attached hydrogens (tertiary/aromatic N) is 1. The predicted octanol–water partition coefficient (Wildman–Crippen LogP) is 3.28. The van der Waals surface area contributed by atoms with Crippen LogP contribution in [0, 0.1) is 11.6 Å². The number of benzene rings is 1. The summed E-state index contributed by atoms with van der Waals surface area (Å²) in [6.45, 7) is 0.583. The molecule has 1 aliphatic carbocycles. The summed E-state index contributed by atoms with van der Waals surface area (Å²) in [5.74, 6) is -1.21. The summed E-state index contributed by atoms with van der Waals surface area (Å²) in [4.78, 5) is 14.1. The maximum atomic E-state index is 13.5. The zero-order valence-electron chi connectivity index (χ0n) is 13.8. The summed E-state index contributed by atoms with van der Waals surface area (Å²) >= 11 is 0. The lowest BCUT2D eigenvalue weighted by Crippen LogP contribution is -2.41. The molecule has 1 amide bonds. The minimum absolute atomic E-state index is 0.0323. The van der Waals surface area contributed by atoms with Gasteiger partial charge in [-0.1, -0.05) is 31.7 Å². The van der Waals surface area contributed by atoms with Crippen LogP contribution in [-0.4, -0.2) is 37.0 Å². The normalized spacial score (nSPS) is 16.3. The smallest absolute Gasteiger partial charge is 0.234 e. The first-order valence-electron chi connectivity index (χ1n) is 8.47. The quantitative estimate of drug-likeness (QED) is 0.815. The molecule has 0 bridgehead atoms. The standard InChI is InChI=1S/C18H26F2N2O/c1-22(14-7-4-2-3-5-8-14)13-18(23)21-12-11-15-16(19)9-6-10-17(15)20/h6,9-10,14H,2-5,7-8,11-13H2,1H3,(H,21,23). The maximum absolute atomic E-state index is 13.5. The number of nitrogens with one attached hydrogen (secondary N) is 1. The summed E-state index contributed by atoms with van der Waals surface area (Å²) in [6.07, 6.45) is 7.47. The molecule has 1 N–H and O–H groups in total. The van der Waals surface area contributed by atoms with Gasteiger partial charge in [0.15, 0.2) is 0 Å². The van der Waals surface area contributed by atoms with Crippen LogP contribution in [0.5, 0.6) is 0 Å². The van der Waals surface area contributed by atoms with Gasteiger partial charge in [-0.2, -0.15) is 0 Å². The molecule has 1 aliphatic rings. The minimum atomic E-state index is -0.560. The van der Waals surface area contributed by atoms with Crippen molar-refractivity contribution in [2.75, 3.05) is 20.1 Å². The van der Waals surface area contributed by atoms with Crippen LogP contribution in [-0.2, 0) is 11.2 Å². The van der Waals surface area contributed by atoms with Crippen LogP contribution in [0.15, 0.2) is 18.2 Å². The molecule has 2 rings (SSSR count). The van der Waals surface area contributed by atoms with Gasteiger partial charge in [-0.05, 0) is 38.4 Å². The second-order valence-electron chi connectivity index (χ2n) is 6.36. The van der Waals surface area contributed by atoms with Crippen molar-refractivity contribution in [1.82, 2.24) is 10.2 Å². The van der Waals surface area contributed by atoms with Crippen LogP contribution >= 0.6 is 0 Å². The molecule has 0 aromatic heterocycles. The number of hydrogen-bond donors (Lipinski definition) is 1. The van der Waals surface area contributed by atoms with Crippen molar-refractivity contribution in [2.24, 2.45) is 0 Å². The Morgan fingerprint density at radius 3 is 2.39 bits per heavy atom. The van der Waals surface area contributed by atoms with Gasteiger partial charge in [0.2, 0.25) is 5.91 Å². The zero-order valence-corrected chi connectivity index (χ0v) is 13.8. The Balaban J connectivity index is 1.74. The first kappa shape index (κ1) is 17.9. The molecule has 0 spiro atoms. The Labute approximate surface area is 137 Å². The first-order chi connectivity index (χ1) is 11.1. The molecular weight excluding hydrogens is 298 g/mol. The largest absolute Gasteiger partial charge is 0.355 e. The number of amides is 1. The number of halogens is 2. The van der Waals surface area contributed by atoms with Gasteiger partial charge in [-0.15, -0.1) is 0 Å². The van der Waals surface area contributed by atoms with E-state index < -0.39 is 11.6 Å². The van der Waals surface area contributed by atoms with Crippen LogP contribution in [0.25, 0.3) is 0 Å². The third-order valence-corrected chi connectivity index (χ3v) is 4.60. The molecule has 128 valence electrons. The number of carbonyl (C=O) groups is 1. The Morgan fingerprint density at radius 2 is 1.78 bits per heavy atom. The Hall–Kier alpha value is -1.49. The molecule has 1 aromatic carbocycles. The molecule has 0 saturated heterocycles. The van der Waals surface area contributed by atoms with Gasteiger partial charge < -0.3 is 5.32 Å². The van der Waals surface area contributed by atoms with Crippen molar-refractivity contribution in [3.63, 3.8) is 0 Å². The fourth-order valence-corrected chi connectivity index (χ4v) is 3.21. The first-order valence-corrected chi connectivity index (χ1v) is 8.47. The van der Waals surface area contributed by atoms with E-state index in [1.165, 1.54) is 43.9 Å². The summed E-state index contributed by atoms with van der Waals surface area (Å²) in [5.41, 5.74) is 0.0323. The molecule has 0 heterocycles. The van der Waals surface area contributed by atoms with Crippen LogP contribution in [0.3, 0.4) is 0 Å². The third-order valence-electron chi connectivity index (χ3n) is 4.60. The molecule has 0 unspecified atom stereocenters. The second kappa shape index (κ2) is 8.96. The number of rotatable bonds is 6. The predicted molar refractivity (Wildman–Crippen MR) is 87.2 cm³/mol. The molecule has 0 aliphatic heterocycles. The van der Waals surface area contributed by atoms with E-state index in [2.05, 4.69) is 10.2 Å². The number of likely N-dealkylation sites (N-methyl/N-ethyl adjacent to an activating group) is 1. The molecule has 0 radical (unpaired) electrons. The van der Waals surface area contributed by atoms with E-state index in [0.29, 0.717) is 12.6 Å². The fourth-order valence-electron chi connectivity index (χ4n) is 3.21. The SMILES string of the molecule is CN(CC(=O)NCCc1c(F)cccc1F)C1CCCCCC1. The monoisotopic (exact) mass is 324 g/mol. The van der Waals surface area contributed by atoms with Gasteiger partial charge in [0.1, 0.15) is 11.6 Å². The van der Waals surface area contributed by atoms with Crippen LogP contribution < -0.4 is 5.32 Å². The van der Waals surface area contributed by atoms with E-state index in [1.807, 2.05) is 7.05 Å². The molecular formula is C18H26F2N2O. The van der Waals surface area contributed by atoms with Gasteiger partial charge >= 0.3 is 0 Å². The van der Waals surface area contributed by atoms with Crippen molar-refractivity contribution in [3.05, 3.63) is 35.4 Å². The highest BCUT2D eigenvalue weighted by Gasteiger charge is 2.18. The fraction of sp³-hybridized carbons (Fsp3) is 0.611. The lowest BCUT2D eigenvalue weighted by molar-refractivity contribution is -0.122. The summed E-state index contributed by atoms with van der Waals surface area (Å²) in [6, 6.07) is 4.28. The maximum Gasteiger partial charge on any atom is 0.234 e.